The fourth-order valence-electron chi connectivity index (χ4n) is 2.91. The van der Waals surface area contributed by atoms with Crippen molar-refractivity contribution in [2.75, 3.05) is 0 Å². The van der Waals surface area contributed by atoms with Crippen LogP contribution in [0.5, 0.6) is 0 Å². The third-order valence-corrected chi connectivity index (χ3v) is 4.54. The monoisotopic (exact) mass is 343 g/mol. The number of aliphatic hydroxyl groups is 3. The summed E-state index contributed by atoms with van der Waals surface area (Å²) in [5, 5.41) is 41.8. The molecule has 1 heterocycles. The van der Waals surface area contributed by atoms with Crippen molar-refractivity contribution in [1.29, 1.82) is 0 Å². The predicted octanol–water partition coefficient (Wildman–Crippen LogP) is 0.575. The average Bonchev–Trinajstić information content (AvgIpc) is 2.52. The van der Waals surface area contributed by atoms with E-state index in [9.17, 15) is 30.0 Å². The first-order chi connectivity index (χ1) is 11.2. The number of carboxylic acid groups (broad SMARTS) is 1. The minimum absolute atomic E-state index is 0.510. The van der Waals surface area contributed by atoms with Crippen molar-refractivity contribution in [3.63, 3.8) is 0 Å². The summed E-state index contributed by atoms with van der Waals surface area (Å²) in [5.74, 6) is -4.11. The van der Waals surface area contributed by atoms with Crippen molar-refractivity contribution in [3.8, 4) is 0 Å². The van der Waals surface area contributed by atoms with E-state index in [1.165, 1.54) is 19.1 Å². The molecule has 0 aliphatic carbocycles. The zero-order valence-electron chi connectivity index (χ0n) is 14.3. The molecule has 0 aromatic carbocycles. The molecular weight excluding hydrogens is 314 g/mol. The van der Waals surface area contributed by atoms with Crippen molar-refractivity contribution < 1.29 is 30.0 Å². The van der Waals surface area contributed by atoms with E-state index >= 15 is 0 Å². The van der Waals surface area contributed by atoms with Gasteiger partial charge >= 0.3 is 5.97 Å². The van der Waals surface area contributed by atoms with E-state index in [0.717, 1.165) is 32.1 Å². The minimum Gasteiger partial charge on any atom is -0.479 e. The van der Waals surface area contributed by atoms with Crippen molar-refractivity contribution in [2.45, 2.75) is 76.2 Å². The summed E-state index contributed by atoms with van der Waals surface area (Å²) < 4.78 is 0. The zero-order valence-corrected chi connectivity index (χ0v) is 14.3. The summed E-state index contributed by atoms with van der Waals surface area (Å²) in [6.07, 6.45) is 6.25. The first-order valence-corrected chi connectivity index (χ1v) is 8.56. The molecular formula is C17H29NO6. The van der Waals surface area contributed by atoms with Crippen LogP contribution in [0.1, 0.15) is 52.4 Å². The van der Waals surface area contributed by atoms with E-state index in [4.69, 9.17) is 0 Å². The third kappa shape index (κ3) is 4.78. The molecule has 138 valence electrons. The number of amides is 1. The van der Waals surface area contributed by atoms with Crippen LogP contribution in [-0.4, -0.2) is 56.2 Å². The van der Waals surface area contributed by atoms with Gasteiger partial charge in [0.2, 0.25) is 5.60 Å². The topological polar surface area (TPSA) is 127 Å². The molecule has 1 amide bonds. The van der Waals surface area contributed by atoms with E-state index in [0.29, 0.717) is 6.42 Å². The average molecular weight is 343 g/mol. The van der Waals surface area contributed by atoms with Crippen LogP contribution < -0.4 is 5.32 Å². The summed E-state index contributed by atoms with van der Waals surface area (Å²) in [5.41, 5.74) is -2.75. The number of aliphatic hydroxyl groups excluding tert-OH is 2. The van der Waals surface area contributed by atoms with Gasteiger partial charge in [0.15, 0.2) is 0 Å². The largest absolute Gasteiger partial charge is 0.479 e. The molecule has 0 bridgehead atoms. The van der Waals surface area contributed by atoms with E-state index in [1.807, 2.05) is 0 Å². The molecule has 1 unspecified atom stereocenters. The molecule has 0 aromatic heterocycles. The second kappa shape index (κ2) is 9.15. The van der Waals surface area contributed by atoms with Crippen molar-refractivity contribution in [3.05, 3.63) is 12.2 Å². The summed E-state index contributed by atoms with van der Waals surface area (Å²) >= 11 is 0. The number of unbranched alkanes of at least 4 members (excludes halogenated alkanes) is 4. The Kier molecular flexibility index (Phi) is 7.86. The summed E-state index contributed by atoms with van der Waals surface area (Å²) in [6, 6.07) is -0.696. The Balaban J connectivity index is 2.72. The zero-order chi connectivity index (χ0) is 18.3. The number of rotatable bonds is 9. The van der Waals surface area contributed by atoms with E-state index in [2.05, 4.69) is 12.2 Å². The van der Waals surface area contributed by atoms with Crippen LogP contribution in [0.2, 0.25) is 0 Å². The number of carboxylic acids is 1. The first kappa shape index (κ1) is 20.6. The third-order valence-electron chi connectivity index (χ3n) is 4.54. The Morgan fingerprint density at radius 2 is 1.96 bits per heavy atom. The lowest BCUT2D eigenvalue weighted by Gasteiger charge is -2.40. The van der Waals surface area contributed by atoms with Gasteiger partial charge in [0.25, 0.3) is 5.91 Å². The minimum atomic E-state index is -2.75. The molecule has 5 atom stereocenters. The molecule has 1 aliphatic heterocycles. The number of hydrogen-bond acceptors (Lipinski definition) is 5. The molecule has 0 spiro atoms. The highest BCUT2D eigenvalue weighted by atomic mass is 16.4. The molecule has 1 fully saturated rings. The van der Waals surface area contributed by atoms with E-state index in [1.54, 1.807) is 0 Å². The normalized spacial score (nSPS) is 31.9. The maximum Gasteiger partial charge on any atom is 0.346 e. The molecule has 0 saturated carbocycles. The number of hydrogen-bond donors (Lipinski definition) is 5. The first-order valence-electron chi connectivity index (χ1n) is 8.56. The Bertz CT molecular complexity index is 466. The lowest BCUT2D eigenvalue weighted by Crippen LogP contribution is -2.68. The summed E-state index contributed by atoms with van der Waals surface area (Å²) in [6.45, 7) is 3.64. The lowest BCUT2D eigenvalue weighted by molar-refractivity contribution is -0.181. The predicted molar refractivity (Wildman–Crippen MR) is 88.2 cm³/mol. The Morgan fingerprint density at radius 3 is 2.54 bits per heavy atom. The van der Waals surface area contributed by atoms with Gasteiger partial charge in [0, 0.05) is 0 Å². The molecule has 24 heavy (non-hydrogen) atoms. The van der Waals surface area contributed by atoms with E-state index in [-0.39, 0.29) is 0 Å². The standard InChI is InChI=1S/C17H29NO6/c1-3-4-5-6-7-8-12(19)9-10-13-14(20)11(2)18-15(21)17(13,24)16(22)23/h9-14,19-20,24H,3-8H2,1-2H3,(H,18,21)(H,22,23)/b10-9+/t11-,12?,13-,14-,17+/m1/s1. The van der Waals surface area contributed by atoms with Crippen LogP contribution in [0.25, 0.3) is 0 Å². The van der Waals surface area contributed by atoms with Crippen LogP contribution in [0, 0.1) is 5.92 Å². The van der Waals surface area contributed by atoms with Crippen molar-refractivity contribution in [1.82, 2.24) is 5.32 Å². The molecule has 1 rings (SSSR count). The number of carbonyl (C=O) groups excluding carboxylic acids is 1. The van der Waals surface area contributed by atoms with Crippen LogP contribution in [0.15, 0.2) is 12.2 Å². The summed E-state index contributed by atoms with van der Waals surface area (Å²) in [7, 11) is 0. The van der Waals surface area contributed by atoms with Crippen LogP contribution in [0.4, 0.5) is 0 Å². The highest BCUT2D eigenvalue weighted by Crippen LogP contribution is 2.30. The number of carbonyl (C=O) groups is 2. The van der Waals surface area contributed by atoms with Gasteiger partial charge < -0.3 is 25.7 Å². The summed E-state index contributed by atoms with van der Waals surface area (Å²) in [4.78, 5) is 23.2. The maximum absolute atomic E-state index is 11.9. The molecule has 7 heteroatoms. The Hall–Kier alpha value is -1.44. The molecule has 1 aliphatic rings. The van der Waals surface area contributed by atoms with Gasteiger partial charge in [-0.2, -0.15) is 0 Å². The van der Waals surface area contributed by atoms with Gasteiger partial charge in [-0.25, -0.2) is 4.79 Å². The van der Waals surface area contributed by atoms with Gasteiger partial charge in [0.1, 0.15) is 0 Å². The Morgan fingerprint density at radius 1 is 1.33 bits per heavy atom. The molecule has 1 saturated heterocycles. The van der Waals surface area contributed by atoms with Crippen molar-refractivity contribution in [2.24, 2.45) is 5.92 Å². The van der Waals surface area contributed by atoms with Crippen molar-refractivity contribution >= 4 is 11.9 Å². The highest BCUT2D eigenvalue weighted by molar-refractivity contribution is 6.06. The van der Waals surface area contributed by atoms with E-state index < -0.39 is 41.6 Å². The Labute approximate surface area is 142 Å². The number of nitrogens with one attached hydrogen (secondary N) is 1. The van der Waals surface area contributed by atoms with Crippen LogP contribution in [0.3, 0.4) is 0 Å². The van der Waals surface area contributed by atoms with Gasteiger partial charge in [-0.05, 0) is 13.3 Å². The van der Waals surface area contributed by atoms with Crippen LogP contribution >= 0.6 is 0 Å². The fourth-order valence-corrected chi connectivity index (χ4v) is 2.91. The van der Waals surface area contributed by atoms with Crippen LogP contribution in [-0.2, 0) is 9.59 Å². The number of piperidine rings is 1. The second-order valence-electron chi connectivity index (χ2n) is 6.51. The van der Waals surface area contributed by atoms with Gasteiger partial charge in [-0.3, -0.25) is 4.79 Å². The second-order valence-corrected chi connectivity index (χ2v) is 6.51. The van der Waals surface area contributed by atoms with Gasteiger partial charge in [-0.15, -0.1) is 0 Å². The molecule has 0 aromatic rings. The van der Waals surface area contributed by atoms with Gasteiger partial charge in [0.05, 0.1) is 24.2 Å². The molecule has 0 radical (unpaired) electrons. The molecule has 7 nitrogen and oxygen atoms in total. The number of aliphatic carboxylic acids is 1. The SMILES string of the molecule is CCCCCCCC(O)/C=C/[C@@H]1[C@H](O)[C@@H](C)NC(=O)[C@]1(O)C(=O)O. The lowest BCUT2D eigenvalue weighted by atomic mass is 9.76. The quantitative estimate of drug-likeness (QED) is 0.237. The molecule has 5 N–H and O–H groups in total. The van der Waals surface area contributed by atoms with Gasteiger partial charge in [-0.1, -0.05) is 51.2 Å². The highest BCUT2D eigenvalue weighted by Gasteiger charge is 2.57. The smallest absolute Gasteiger partial charge is 0.346 e. The fraction of sp³-hybridized carbons (Fsp3) is 0.765. The maximum atomic E-state index is 11.9.